The normalized spacial score (nSPS) is 12.8. The van der Waals surface area contributed by atoms with E-state index in [4.69, 9.17) is 0 Å². The minimum atomic E-state index is -4.12. The van der Waals surface area contributed by atoms with Crippen LogP contribution in [0.2, 0.25) is 0 Å². The molecule has 0 saturated carbocycles. The lowest BCUT2D eigenvalue weighted by Crippen LogP contribution is -2.43. The maximum atomic E-state index is 12.8. The lowest BCUT2D eigenvalue weighted by atomic mass is 10.1. The maximum Gasteiger partial charge on any atom is 0.332 e. The molecule has 0 aliphatic carbocycles. The molecule has 0 aromatic heterocycles. The molecule has 0 fully saturated rings. The topological polar surface area (TPSA) is 29.5 Å². The Balaban J connectivity index is 4.54. The molecule has 0 bridgehead atoms. The monoisotopic (exact) mass is 217 g/mol. The van der Waals surface area contributed by atoms with Gasteiger partial charge in [-0.2, -0.15) is 8.78 Å². The number of nitrogens with zero attached hydrogens (tertiary/aromatic N) is 1. The van der Waals surface area contributed by atoms with Gasteiger partial charge in [-0.1, -0.05) is 0 Å². The SMILES string of the molecule is CON(C)C(=O)C(F)(F)CC(C)(F)F. The average Bonchev–Trinajstić information content (AvgIpc) is 1.97. The van der Waals surface area contributed by atoms with Crippen LogP contribution in [-0.4, -0.2) is 37.0 Å². The number of alkyl halides is 4. The molecule has 7 heteroatoms. The van der Waals surface area contributed by atoms with Crippen LogP contribution in [0.25, 0.3) is 0 Å². The Kier molecular flexibility index (Phi) is 3.87. The van der Waals surface area contributed by atoms with E-state index in [1.54, 1.807) is 0 Å². The molecule has 0 aliphatic heterocycles. The summed E-state index contributed by atoms with van der Waals surface area (Å²) in [5.74, 6) is -9.52. The molecule has 0 heterocycles. The van der Waals surface area contributed by atoms with Gasteiger partial charge in [0.15, 0.2) is 0 Å². The van der Waals surface area contributed by atoms with Crippen molar-refractivity contribution in [1.29, 1.82) is 0 Å². The van der Waals surface area contributed by atoms with E-state index < -0.39 is 24.2 Å². The van der Waals surface area contributed by atoms with Gasteiger partial charge in [-0.15, -0.1) is 0 Å². The van der Waals surface area contributed by atoms with Gasteiger partial charge in [0.2, 0.25) is 0 Å². The van der Waals surface area contributed by atoms with Crippen molar-refractivity contribution >= 4 is 5.91 Å². The number of hydrogen-bond acceptors (Lipinski definition) is 2. The number of carbonyl (C=O) groups excluding carboxylic acids is 1. The third kappa shape index (κ3) is 3.91. The summed E-state index contributed by atoms with van der Waals surface area (Å²) in [6.07, 6.45) is -1.83. The summed E-state index contributed by atoms with van der Waals surface area (Å²) in [6.45, 7) is 0.320. The molecule has 84 valence electrons. The zero-order valence-electron chi connectivity index (χ0n) is 7.98. The minimum absolute atomic E-state index is 0.214. The summed E-state index contributed by atoms with van der Waals surface area (Å²) in [4.78, 5) is 15.0. The van der Waals surface area contributed by atoms with Gasteiger partial charge in [0.25, 0.3) is 5.92 Å². The highest BCUT2D eigenvalue weighted by Crippen LogP contribution is 2.31. The van der Waals surface area contributed by atoms with E-state index in [2.05, 4.69) is 4.84 Å². The minimum Gasteiger partial charge on any atom is -0.274 e. The van der Waals surface area contributed by atoms with Gasteiger partial charge in [0, 0.05) is 7.05 Å². The van der Waals surface area contributed by atoms with Crippen molar-refractivity contribution < 1.29 is 27.2 Å². The van der Waals surface area contributed by atoms with Gasteiger partial charge in [-0.05, 0) is 6.92 Å². The first-order chi connectivity index (χ1) is 6.10. The highest BCUT2D eigenvalue weighted by atomic mass is 19.3. The molecule has 0 aromatic rings. The maximum absolute atomic E-state index is 12.8. The van der Waals surface area contributed by atoms with Crippen molar-refractivity contribution in [2.75, 3.05) is 14.2 Å². The average molecular weight is 217 g/mol. The van der Waals surface area contributed by atoms with Crippen LogP contribution < -0.4 is 0 Å². The molecule has 14 heavy (non-hydrogen) atoms. The van der Waals surface area contributed by atoms with Gasteiger partial charge in [-0.3, -0.25) is 9.63 Å². The summed E-state index contributed by atoms with van der Waals surface area (Å²) in [7, 11) is 1.90. The zero-order valence-corrected chi connectivity index (χ0v) is 7.98. The van der Waals surface area contributed by atoms with E-state index in [0.29, 0.717) is 6.92 Å². The second-order valence-electron chi connectivity index (χ2n) is 2.94. The highest BCUT2D eigenvalue weighted by Gasteiger charge is 2.48. The molecule has 0 spiro atoms. The van der Waals surface area contributed by atoms with E-state index >= 15 is 0 Å². The van der Waals surface area contributed by atoms with Crippen molar-refractivity contribution in [3.63, 3.8) is 0 Å². The Labute approximate surface area is 78.6 Å². The molecular formula is C7H11F4NO2. The smallest absolute Gasteiger partial charge is 0.274 e. The molecule has 0 saturated heterocycles. The lowest BCUT2D eigenvalue weighted by Gasteiger charge is -2.23. The molecule has 0 aromatic carbocycles. The fourth-order valence-corrected chi connectivity index (χ4v) is 0.779. The standard InChI is InChI=1S/C7H11F4NO2/c1-6(8,9)4-7(10,11)5(13)12(2)14-3/h4H2,1-3H3. The van der Waals surface area contributed by atoms with E-state index in [1.165, 1.54) is 0 Å². The third-order valence-corrected chi connectivity index (χ3v) is 1.41. The number of halogens is 4. The second-order valence-corrected chi connectivity index (χ2v) is 2.94. The quantitative estimate of drug-likeness (QED) is 0.529. The van der Waals surface area contributed by atoms with Gasteiger partial charge >= 0.3 is 11.8 Å². The number of hydroxylamine groups is 2. The Hall–Kier alpha value is -0.850. The highest BCUT2D eigenvalue weighted by molar-refractivity contribution is 5.82. The first-order valence-electron chi connectivity index (χ1n) is 3.68. The van der Waals surface area contributed by atoms with E-state index in [9.17, 15) is 22.4 Å². The lowest BCUT2D eigenvalue weighted by molar-refractivity contribution is -0.202. The first-order valence-corrected chi connectivity index (χ1v) is 3.68. The second kappa shape index (κ2) is 4.12. The van der Waals surface area contributed by atoms with Crippen LogP contribution in [0, 0.1) is 0 Å². The van der Waals surface area contributed by atoms with Crippen LogP contribution in [0.5, 0.6) is 0 Å². The summed E-state index contributed by atoms with van der Waals surface area (Å²) in [5.41, 5.74) is 0. The van der Waals surface area contributed by atoms with E-state index in [-0.39, 0.29) is 5.06 Å². The van der Waals surface area contributed by atoms with Crippen molar-refractivity contribution in [1.82, 2.24) is 5.06 Å². The fourth-order valence-electron chi connectivity index (χ4n) is 0.779. The molecule has 0 atom stereocenters. The molecule has 0 aliphatic rings. The Morgan fingerprint density at radius 1 is 1.36 bits per heavy atom. The summed E-state index contributed by atoms with van der Waals surface area (Å²) >= 11 is 0. The van der Waals surface area contributed by atoms with Crippen molar-refractivity contribution in [2.45, 2.75) is 25.2 Å². The van der Waals surface area contributed by atoms with Crippen molar-refractivity contribution in [3.05, 3.63) is 0 Å². The number of amides is 1. The number of carbonyl (C=O) groups is 1. The first kappa shape index (κ1) is 13.2. The van der Waals surface area contributed by atoms with Crippen LogP contribution in [-0.2, 0) is 9.63 Å². The van der Waals surface area contributed by atoms with Gasteiger partial charge in [0.05, 0.1) is 13.5 Å². The Bertz CT molecular complexity index is 214. The molecular weight excluding hydrogens is 206 g/mol. The fraction of sp³-hybridized carbons (Fsp3) is 0.857. The molecule has 1 amide bonds. The predicted molar refractivity (Wildman–Crippen MR) is 40.0 cm³/mol. The van der Waals surface area contributed by atoms with E-state index in [0.717, 1.165) is 14.2 Å². The van der Waals surface area contributed by atoms with Crippen LogP contribution in [0.4, 0.5) is 17.6 Å². The van der Waals surface area contributed by atoms with Gasteiger partial charge in [-0.25, -0.2) is 13.8 Å². The molecule has 0 radical (unpaired) electrons. The Morgan fingerprint density at radius 2 is 1.79 bits per heavy atom. The van der Waals surface area contributed by atoms with E-state index in [1.807, 2.05) is 0 Å². The number of rotatable bonds is 4. The summed E-state index contributed by atoms with van der Waals surface area (Å²) in [5, 5.41) is 0.214. The van der Waals surface area contributed by atoms with Crippen LogP contribution >= 0.6 is 0 Å². The van der Waals surface area contributed by atoms with Gasteiger partial charge < -0.3 is 0 Å². The molecule has 0 unspecified atom stereocenters. The van der Waals surface area contributed by atoms with Crippen molar-refractivity contribution in [3.8, 4) is 0 Å². The molecule has 0 N–H and O–H groups in total. The zero-order chi connectivity index (χ0) is 11.6. The van der Waals surface area contributed by atoms with Gasteiger partial charge in [0.1, 0.15) is 0 Å². The van der Waals surface area contributed by atoms with Crippen molar-refractivity contribution in [2.24, 2.45) is 0 Å². The molecule has 3 nitrogen and oxygen atoms in total. The largest absolute Gasteiger partial charge is 0.332 e. The Morgan fingerprint density at radius 3 is 2.07 bits per heavy atom. The summed E-state index contributed by atoms with van der Waals surface area (Å²) in [6, 6.07) is 0. The van der Waals surface area contributed by atoms with Crippen LogP contribution in [0.15, 0.2) is 0 Å². The van der Waals surface area contributed by atoms with Crippen LogP contribution in [0.3, 0.4) is 0 Å². The third-order valence-electron chi connectivity index (χ3n) is 1.41. The number of hydrogen-bond donors (Lipinski definition) is 0. The predicted octanol–water partition coefficient (Wildman–Crippen LogP) is 1.69. The van der Waals surface area contributed by atoms with Crippen LogP contribution in [0.1, 0.15) is 13.3 Å². The summed E-state index contributed by atoms with van der Waals surface area (Å²) < 4.78 is 50.1. The molecule has 0 rings (SSSR count).